The number of benzene rings is 1. The molecule has 2 nitrogen and oxygen atoms in total. The molecule has 0 aromatic heterocycles. The van der Waals surface area contributed by atoms with Gasteiger partial charge in [0.25, 0.3) is 0 Å². The lowest BCUT2D eigenvalue weighted by Crippen LogP contribution is -1.94. The van der Waals surface area contributed by atoms with Crippen LogP contribution in [0.3, 0.4) is 0 Å². The lowest BCUT2D eigenvalue weighted by molar-refractivity contribution is 0.185. The Morgan fingerprint density at radius 3 is 2.28 bits per heavy atom. The van der Waals surface area contributed by atoms with Crippen LogP contribution in [0.1, 0.15) is 11.1 Å². The van der Waals surface area contributed by atoms with Gasteiger partial charge in [0.05, 0.1) is 19.5 Å². The summed E-state index contributed by atoms with van der Waals surface area (Å²) in [4.78, 5) is 0. The van der Waals surface area contributed by atoms with Gasteiger partial charge in [0.1, 0.15) is 0 Å². The van der Waals surface area contributed by atoms with Crippen LogP contribution in [0.2, 0.25) is 0 Å². The number of hydrogen-bond acceptors (Lipinski definition) is 2. The highest BCUT2D eigenvalue weighted by Crippen LogP contribution is 2.10. The summed E-state index contributed by atoms with van der Waals surface area (Å²) in [5.41, 5.74) is 2.38. The molecule has 18 heavy (non-hydrogen) atoms. The van der Waals surface area contributed by atoms with Crippen molar-refractivity contribution in [1.29, 1.82) is 0 Å². The maximum atomic E-state index is 5.06. The van der Waals surface area contributed by atoms with Crippen LogP contribution in [-0.2, 0) is 22.5 Å². The topological polar surface area (TPSA) is 18.5 Å². The summed E-state index contributed by atoms with van der Waals surface area (Å²) in [5, 5.41) is 0. The van der Waals surface area contributed by atoms with E-state index in [4.69, 9.17) is 9.47 Å². The van der Waals surface area contributed by atoms with E-state index in [1.807, 2.05) is 12.1 Å². The van der Waals surface area contributed by atoms with E-state index in [0.29, 0.717) is 6.61 Å². The summed E-state index contributed by atoms with van der Waals surface area (Å²) in [6.45, 7) is 11.2. The number of ether oxygens (including phenoxy) is 2. The second-order valence-electron chi connectivity index (χ2n) is 3.64. The number of rotatable bonds is 6. The zero-order valence-corrected chi connectivity index (χ0v) is 11.3. The third-order valence-corrected chi connectivity index (χ3v) is 2.16. The van der Waals surface area contributed by atoms with Crippen molar-refractivity contribution in [2.24, 2.45) is 0 Å². The van der Waals surface area contributed by atoms with Crippen molar-refractivity contribution >= 4 is 0 Å². The molecule has 0 spiro atoms. The molecule has 0 bridgehead atoms. The average Bonchev–Trinajstić information content (AvgIpc) is 2.39. The lowest BCUT2D eigenvalue weighted by atomic mass is 10.1. The van der Waals surface area contributed by atoms with Crippen molar-refractivity contribution in [2.45, 2.75) is 13.0 Å². The Bertz CT molecular complexity index is 374. The fourth-order valence-electron chi connectivity index (χ4n) is 1.30. The van der Waals surface area contributed by atoms with Gasteiger partial charge in [-0.25, -0.2) is 0 Å². The molecule has 0 radical (unpaired) electrons. The van der Waals surface area contributed by atoms with Gasteiger partial charge in [0.15, 0.2) is 0 Å². The summed E-state index contributed by atoms with van der Waals surface area (Å²) in [6, 6.07) is 8.23. The first-order valence-electron chi connectivity index (χ1n) is 5.69. The SMILES string of the molecule is C=C(Cc1cccc(COC)c1)OC.C=CC=C. The molecule has 0 unspecified atom stereocenters. The minimum absolute atomic E-state index is 0.646. The summed E-state index contributed by atoms with van der Waals surface area (Å²) in [6.07, 6.45) is 4.04. The molecule has 1 aromatic rings. The molecule has 0 saturated heterocycles. The molecule has 0 amide bonds. The number of allylic oxidation sites excluding steroid dienone is 3. The minimum atomic E-state index is 0.646. The molecule has 1 rings (SSSR count). The van der Waals surface area contributed by atoms with E-state index in [2.05, 4.69) is 31.9 Å². The van der Waals surface area contributed by atoms with Gasteiger partial charge in [-0.15, -0.1) is 0 Å². The normalized spacial score (nSPS) is 8.78. The predicted molar refractivity (Wildman–Crippen MR) is 77.4 cm³/mol. The maximum absolute atomic E-state index is 5.06. The average molecular weight is 246 g/mol. The van der Waals surface area contributed by atoms with Gasteiger partial charge in [-0.1, -0.05) is 56.2 Å². The van der Waals surface area contributed by atoms with Crippen molar-refractivity contribution in [3.63, 3.8) is 0 Å². The van der Waals surface area contributed by atoms with Gasteiger partial charge in [0, 0.05) is 13.5 Å². The van der Waals surface area contributed by atoms with Crippen molar-refractivity contribution in [3.8, 4) is 0 Å². The standard InChI is InChI=1S/C12H16O2.C4H6/c1-10(14-3)7-11-5-4-6-12(8-11)9-13-2;1-3-4-2/h4-6,8H,1,7,9H2,2-3H3;3-4H,1-2H2. The second-order valence-corrected chi connectivity index (χ2v) is 3.64. The summed E-state index contributed by atoms with van der Waals surface area (Å²) in [5.74, 6) is 0.777. The summed E-state index contributed by atoms with van der Waals surface area (Å²) < 4.78 is 10.1. The van der Waals surface area contributed by atoms with E-state index in [-0.39, 0.29) is 0 Å². The van der Waals surface area contributed by atoms with Crippen LogP contribution < -0.4 is 0 Å². The molecule has 0 aliphatic rings. The monoisotopic (exact) mass is 246 g/mol. The molecule has 1 aromatic carbocycles. The molecular formula is C16H22O2. The van der Waals surface area contributed by atoms with Crippen LogP contribution in [0, 0.1) is 0 Å². The van der Waals surface area contributed by atoms with E-state index >= 15 is 0 Å². The Hall–Kier alpha value is -1.80. The van der Waals surface area contributed by atoms with Crippen molar-refractivity contribution in [3.05, 3.63) is 73.0 Å². The van der Waals surface area contributed by atoms with Crippen molar-refractivity contribution in [2.75, 3.05) is 14.2 Å². The molecule has 0 aliphatic carbocycles. The Morgan fingerprint density at radius 2 is 1.78 bits per heavy atom. The first-order valence-corrected chi connectivity index (χ1v) is 5.69. The quantitative estimate of drug-likeness (QED) is 0.560. The molecule has 98 valence electrons. The minimum Gasteiger partial charge on any atom is -0.501 e. The fraction of sp³-hybridized carbons (Fsp3) is 0.250. The van der Waals surface area contributed by atoms with Crippen molar-refractivity contribution in [1.82, 2.24) is 0 Å². The molecule has 0 fully saturated rings. The Morgan fingerprint density at radius 1 is 1.17 bits per heavy atom. The van der Waals surface area contributed by atoms with E-state index in [0.717, 1.165) is 12.2 Å². The summed E-state index contributed by atoms with van der Waals surface area (Å²) in [7, 11) is 3.34. The number of hydrogen-bond donors (Lipinski definition) is 0. The summed E-state index contributed by atoms with van der Waals surface area (Å²) >= 11 is 0. The number of methoxy groups -OCH3 is 2. The highest BCUT2D eigenvalue weighted by molar-refractivity contribution is 5.25. The highest BCUT2D eigenvalue weighted by Gasteiger charge is 1.98. The van der Waals surface area contributed by atoms with Gasteiger partial charge in [0.2, 0.25) is 0 Å². The molecule has 0 heterocycles. The van der Waals surface area contributed by atoms with E-state index in [1.165, 1.54) is 11.1 Å². The predicted octanol–water partition coefficient (Wildman–Crippen LogP) is 3.89. The van der Waals surface area contributed by atoms with Crippen LogP contribution in [0.4, 0.5) is 0 Å². The molecule has 0 atom stereocenters. The van der Waals surface area contributed by atoms with Gasteiger partial charge >= 0.3 is 0 Å². The second kappa shape index (κ2) is 10.4. The van der Waals surface area contributed by atoms with Crippen LogP contribution in [-0.4, -0.2) is 14.2 Å². The van der Waals surface area contributed by atoms with Crippen LogP contribution in [0.5, 0.6) is 0 Å². The van der Waals surface area contributed by atoms with Crippen LogP contribution in [0.15, 0.2) is 61.9 Å². The van der Waals surface area contributed by atoms with Gasteiger partial charge in [-0.05, 0) is 11.1 Å². The molecule has 2 heteroatoms. The van der Waals surface area contributed by atoms with Crippen LogP contribution >= 0.6 is 0 Å². The van der Waals surface area contributed by atoms with E-state index in [1.54, 1.807) is 26.4 Å². The van der Waals surface area contributed by atoms with Gasteiger partial charge < -0.3 is 9.47 Å². The van der Waals surface area contributed by atoms with Gasteiger partial charge in [-0.3, -0.25) is 0 Å². The maximum Gasteiger partial charge on any atom is 0.0927 e. The van der Waals surface area contributed by atoms with Gasteiger partial charge in [-0.2, -0.15) is 0 Å². The lowest BCUT2D eigenvalue weighted by Gasteiger charge is -2.06. The van der Waals surface area contributed by atoms with E-state index in [9.17, 15) is 0 Å². The third-order valence-electron chi connectivity index (χ3n) is 2.16. The van der Waals surface area contributed by atoms with Crippen molar-refractivity contribution < 1.29 is 9.47 Å². The highest BCUT2D eigenvalue weighted by atomic mass is 16.5. The largest absolute Gasteiger partial charge is 0.501 e. The zero-order valence-electron chi connectivity index (χ0n) is 11.3. The Labute approximate surface area is 110 Å². The molecule has 0 aliphatic heterocycles. The molecule has 0 N–H and O–H groups in total. The zero-order chi connectivity index (χ0) is 13.8. The molecule has 0 saturated carbocycles. The third kappa shape index (κ3) is 7.47. The van der Waals surface area contributed by atoms with E-state index < -0.39 is 0 Å². The van der Waals surface area contributed by atoms with Crippen LogP contribution in [0.25, 0.3) is 0 Å². The first kappa shape index (κ1) is 16.2. The molecular weight excluding hydrogens is 224 g/mol. The smallest absolute Gasteiger partial charge is 0.0927 e. The Balaban J connectivity index is 0.000000631. The fourth-order valence-corrected chi connectivity index (χ4v) is 1.30. The Kier molecular flexibility index (Phi) is 9.32. The first-order chi connectivity index (χ1) is 8.67.